The van der Waals surface area contributed by atoms with Gasteiger partial charge in [0, 0.05) is 0 Å². The Hall–Kier alpha value is -1.18. The molecule has 0 radical (unpaired) electrons. The normalized spacial score (nSPS) is 16.7. The number of rotatable bonds is 2. The summed E-state index contributed by atoms with van der Waals surface area (Å²) in [6.07, 6.45) is 3.88. The molecular formula is C11H15NO. The molecule has 0 atom stereocenters. The molecule has 1 aromatic rings. The van der Waals surface area contributed by atoms with Crippen LogP contribution in [0.2, 0.25) is 0 Å². The van der Waals surface area contributed by atoms with Gasteiger partial charge in [-0.25, -0.2) is 0 Å². The summed E-state index contributed by atoms with van der Waals surface area (Å²) in [6.45, 7) is 0. The molecule has 0 bridgehead atoms. The van der Waals surface area contributed by atoms with E-state index in [-0.39, 0.29) is 0 Å². The molecule has 0 heterocycles. The van der Waals surface area contributed by atoms with E-state index >= 15 is 0 Å². The van der Waals surface area contributed by atoms with Gasteiger partial charge in [0.05, 0.1) is 12.8 Å². The predicted octanol–water partition coefficient (Wildman–Crippen LogP) is 2.54. The number of nitrogens with two attached hydrogens (primary N) is 1. The van der Waals surface area contributed by atoms with E-state index in [1.807, 2.05) is 12.1 Å². The molecule has 2 nitrogen and oxygen atoms in total. The Labute approximate surface area is 78.7 Å². The lowest BCUT2D eigenvalue weighted by molar-refractivity contribution is 0.405. The van der Waals surface area contributed by atoms with Gasteiger partial charge in [0.2, 0.25) is 0 Å². The van der Waals surface area contributed by atoms with Crippen LogP contribution < -0.4 is 10.5 Å². The van der Waals surface area contributed by atoms with Crippen molar-refractivity contribution in [3.63, 3.8) is 0 Å². The van der Waals surface area contributed by atoms with Gasteiger partial charge in [-0.2, -0.15) is 0 Å². The standard InChI is InChI=1S/C11H15NO/c1-13-10-7-3-6-9(11(10)12)8-4-2-5-8/h3,6-8H,2,4-5,12H2,1H3. The van der Waals surface area contributed by atoms with Crippen molar-refractivity contribution in [2.45, 2.75) is 25.2 Å². The van der Waals surface area contributed by atoms with E-state index in [1.54, 1.807) is 7.11 Å². The van der Waals surface area contributed by atoms with Crippen LogP contribution >= 0.6 is 0 Å². The van der Waals surface area contributed by atoms with E-state index in [9.17, 15) is 0 Å². The summed E-state index contributed by atoms with van der Waals surface area (Å²) >= 11 is 0. The van der Waals surface area contributed by atoms with Gasteiger partial charge in [0.25, 0.3) is 0 Å². The van der Waals surface area contributed by atoms with Crippen molar-refractivity contribution >= 4 is 5.69 Å². The first-order valence-electron chi connectivity index (χ1n) is 4.75. The van der Waals surface area contributed by atoms with Gasteiger partial charge in [-0.05, 0) is 30.4 Å². The maximum absolute atomic E-state index is 5.98. The summed E-state index contributed by atoms with van der Waals surface area (Å²) in [5.74, 6) is 1.49. The molecule has 0 spiro atoms. The summed E-state index contributed by atoms with van der Waals surface area (Å²) in [5, 5.41) is 0. The van der Waals surface area contributed by atoms with E-state index in [2.05, 4.69) is 6.07 Å². The number of benzene rings is 1. The molecule has 1 saturated carbocycles. The predicted molar refractivity (Wildman–Crippen MR) is 54.0 cm³/mol. The molecular weight excluding hydrogens is 162 g/mol. The van der Waals surface area contributed by atoms with Crippen LogP contribution in [0.4, 0.5) is 5.69 Å². The van der Waals surface area contributed by atoms with Gasteiger partial charge in [-0.15, -0.1) is 0 Å². The van der Waals surface area contributed by atoms with Gasteiger partial charge in [0.1, 0.15) is 5.75 Å². The van der Waals surface area contributed by atoms with Crippen molar-refractivity contribution in [2.75, 3.05) is 12.8 Å². The summed E-state index contributed by atoms with van der Waals surface area (Å²) in [6, 6.07) is 6.04. The quantitative estimate of drug-likeness (QED) is 0.704. The van der Waals surface area contributed by atoms with Gasteiger partial charge in [-0.1, -0.05) is 18.6 Å². The van der Waals surface area contributed by atoms with Gasteiger partial charge in [-0.3, -0.25) is 0 Å². The smallest absolute Gasteiger partial charge is 0.142 e. The molecule has 13 heavy (non-hydrogen) atoms. The molecule has 0 aliphatic heterocycles. The third-order valence-corrected chi connectivity index (χ3v) is 2.86. The Bertz CT molecular complexity index is 305. The Morgan fingerprint density at radius 1 is 1.38 bits per heavy atom. The SMILES string of the molecule is COc1cccc(C2CCC2)c1N. The minimum Gasteiger partial charge on any atom is -0.495 e. The highest BCUT2D eigenvalue weighted by Gasteiger charge is 2.22. The Morgan fingerprint density at radius 3 is 2.69 bits per heavy atom. The van der Waals surface area contributed by atoms with Gasteiger partial charge >= 0.3 is 0 Å². The molecule has 2 rings (SSSR count). The lowest BCUT2D eigenvalue weighted by Crippen LogP contribution is -2.11. The topological polar surface area (TPSA) is 35.2 Å². The second-order valence-electron chi connectivity index (χ2n) is 3.59. The average molecular weight is 177 g/mol. The Kier molecular flexibility index (Phi) is 2.13. The van der Waals surface area contributed by atoms with Crippen LogP contribution in [0.3, 0.4) is 0 Å². The highest BCUT2D eigenvalue weighted by atomic mass is 16.5. The van der Waals surface area contributed by atoms with Crippen molar-refractivity contribution in [2.24, 2.45) is 0 Å². The summed E-state index contributed by atoms with van der Waals surface area (Å²) in [4.78, 5) is 0. The van der Waals surface area contributed by atoms with E-state index < -0.39 is 0 Å². The van der Waals surface area contributed by atoms with Crippen LogP contribution in [0, 0.1) is 0 Å². The molecule has 2 heteroatoms. The molecule has 70 valence electrons. The van der Waals surface area contributed by atoms with Crippen molar-refractivity contribution < 1.29 is 4.74 Å². The summed E-state index contributed by atoms with van der Waals surface area (Å²) < 4.78 is 5.18. The highest BCUT2D eigenvalue weighted by Crippen LogP contribution is 2.41. The largest absolute Gasteiger partial charge is 0.495 e. The third kappa shape index (κ3) is 1.37. The average Bonchev–Trinajstić information content (AvgIpc) is 2.05. The summed E-state index contributed by atoms with van der Waals surface area (Å²) in [7, 11) is 1.66. The monoisotopic (exact) mass is 177 g/mol. The molecule has 1 aliphatic rings. The number of nitrogen functional groups attached to an aromatic ring is 1. The first kappa shape index (κ1) is 8.42. The van der Waals surface area contributed by atoms with Gasteiger partial charge in [0.15, 0.2) is 0 Å². The molecule has 0 unspecified atom stereocenters. The molecule has 0 aromatic heterocycles. The molecule has 2 N–H and O–H groups in total. The van der Waals surface area contributed by atoms with Crippen LogP contribution in [0.5, 0.6) is 5.75 Å². The highest BCUT2D eigenvalue weighted by molar-refractivity contribution is 5.59. The van der Waals surface area contributed by atoms with E-state index in [0.717, 1.165) is 11.4 Å². The second-order valence-corrected chi connectivity index (χ2v) is 3.59. The van der Waals surface area contributed by atoms with Crippen LogP contribution in [0.15, 0.2) is 18.2 Å². The number of para-hydroxylation sites is 1. The first-order chi connectivity index (χ1) is 6.33. The van der Waals surface area contributed by atoms with Crippen molar-refractivity contribution in [1.82, 2.24) is 0 Å². The van der Waals surface area contributed by atoms with E-state index in [4.69, 9.17) is 10.5 Å². The maximum atomic E-state index is 5.98. The minimum absolute atomic E-state index is 0.676. The molecule has 1 aromatic carbocycles. The maximum Gasteiger partial charge on any atom is 0.142 e. The fourth-order valence-corrected chi connectivity index (χ4v) is 1.81. The van der Waals surface area contributed by atoms with E-state index in [1.165, 1.54) is 24.8 Å². The number of anilines is 1. The third-order valence-electron chi connectivity index (χ3n) is 2.86. The van der Waals surface area contributed by atoms with Crippen LogP contribution in [0.25, 0.3) is 0 Å². The summed E-state index contributed by atoms with van der Waals surface area (Å²) in [5.41, 5.74) is 8.08. The number of hydrogen-bond acceptors (Lipinski definition) is 2. The lowest BCUT2D eigenvalue weighted by atomic mass is 9.79. The van der Waals surface area contributed by atoms with E-state index in [0.29, 0.717) is 5.92 Å². The van der Waals surface area contributed by atoms with Crippen molar-refractivity contribution in [1.29, 1.82) is 0 Å². The number of methoxy groups -OCH3 is 1. The lowest BCUT2D eigenvalue weighted by Gasteiger charge is -2.27. The van der Waals surface area contributed by atoms with Gasteiger partial charge < -0.3 is 10.5 Å². The van der Waals surface area contributed by atoms with Crippen molar-refractivity contribution in [3.05, 3.63) is 23.8 Å². The van der Waals surface area contributed by atoms with Crippen LogP contribution in [-0.4, -0.2) is 7.11 Å². The molecule has 1 fully saturated rings. The van der Waals surface area contributed by atoms with Crippen molar-refractivity contribution in [3.8, 4) is 5.75 Å². The van der Waals surface area contributed by atoms with Crippen LogP contribution in [-0.2, 0) is 0 Å². The zero-order valence-electron chi connectivity index (χ0n) is 7.92. The number of hydrogen-bond donors (Lipinski definition) is 1. The first-order valence-corrected chi connectivity index (χ1v) is 4.75. The fraction of sp³-hybridized carbons (Fsp3) is 0.455. The molecule has 0 saturated heterocycles. The fourth-order valence-electron chi connectivity index (χ4n) is 1.81. The molecule has 1 aliphatic carbocycles. The zero-order chi connectivity index (χ0) is 9.26. The zero-order valence-corrected chi connectivity index (χ0v) is 7.92. The minimum atomic E-state index is 0.676. The molecule has 0 amide bonds. The Balaban J connectivity index is 2.33. The van der Waals surface area contributed by atoms with Crippen LogP contribution in [0.1, 0.15) is 30.7 Å². The number of ether oxygens (including phenoxy) is 1. The second kappa shape index (κ2) is 3.29. The Morgan fingerprint density at radius 2 is 2.15 bits per heavy atom.